The van der Waals surface area contributed by atoms with Gasteiger partial charge in [0, 0.05) is 11.8 Å². The number of imidazole rings is 1. The normalized spacial score (nSPS) is 10.8. The maximum absolute atomic E-state index is 11.7. The van der Waals surface area contributed by atoms with Crippen LogP contribution in [0.3, 0.4) is 0 Å². The minimum atomic E-state index is -0.287. The van der Waals surface area contributed by atoms with Crippen molar-refractivity contribution in [1.29, 1.82) is 0 Å². The Morgan fingerprint density at radius 3 is 2.83 bits per heavy atom. The molecule has 0 N–H and O–H groups in total. The van der Waals surface area contributed by atoms with Crippen molar-refractivity contribution in [3.8, 4) is 17.0 Å². The molecule has 0 saturated carbocycles. The van der Waals surface area contributed by atoms with E-state index in [-0.39, 0.29) is 12.4 Å². The number of esters is 1. The minimum Gasteiger partial charge on any atom is -0.497 e. The summed E-state index contributed by atoms with van der Waals surface area (Å²) in [6.07, 6.45) is 1.98. The summed E-state index contributed by atoms with van der Waals surface area (Å²) in [4.78, 5) is 16.1. The molecule has 5 nitrogen and oxygen atoms in total. The molecule has 2 aromatic heterocycles. The summed E-state index contributed by atoms with van der Waals surface area (Å²) < 4.78 is 12.1. The van der Waals surface area contributed by atoms with E-state index in [0.717, 1.165) is 16.9 Å². The molecule has 2 heterocycles. The van der Waals surface area contributed by atoms with E-state index < -0.39 is 0 Å². The molecule has 24 heavy (non-hydrogen) atoms. The molecule has 3 aromatic rings. The molecule has 124 valence electrons. The highest BCUT2D eigenvalue weighted by Crippen LogP contribution is 2.31. The Morgan fingerprint density at radius 2 is 2.12 bits per heavy atom. The summed E-state index contributed by atoms with van der Waals surface area (Å²) in [6, 6.07) is 11.3. The number of benzene rings is 1. The molecule has 6 heteroatoms. The zero-order chi connectivity index (χ0) is 17.1. The topological polar surface area (TPSA) is 52.8 Å². The van der Waals surface area contributed by atoms with E-state index in [9.17, 15) is 4.79 Å². The van der Waals surface area contributed by atoms with Crippen molar-refractivity contribution in [2.75, 3.05) is 13.7 Å². The lowest BCUT2D eigenvalue weighted by molar-refractivity contribution is -0.142. The van der Waals surface area contributed by atoms with Crippen LogP contribution in [0.25, 0.3) is 16.9 Å². The first-order valence-electron chi connectivity index (χ1n) is 7.59. The van der Waals surface area contributed by atoms with Crippen molar-refractivity contribution in [3.05, 3.63) is 53.3 Å². The van der Waals surface area contributed by atoms with Crippen LogP contribution < -0.4 is 4.74 Å². The summed E-state index contributed by atoms with van der Waals surface area (Å²) in [6.45, 7) is 2.14. The zero-order valence-corrected chi connectivity index (χ0v) is 14.2. The highest BCUT2D eigenvalue weighted by Gasteiger charge is 2.13. The molecule has 1 aromatic carbocycles. The van der Waals surface area contributed by atoms with Gasteiger partial charge in [-0.1, -0.05) is 17.7 Å². The van der Waals surface area contributed by atoms with E-state index in [4.69, 9.17) is 21.1 Å². The Balaban J connectivity index is 2.03. The summed E-state index contributed by atoms with van der Waals surface area (Å²) >= 11 is 6.39. The number of methoxy groups -OCH3 is 1. The fraction of sp³-hybridized carbons (Fsp3) is 0.222. The SMILES string of the molecule is CCOC(=O)Cc1cn2c(-c3ccc(OC)cc3Cl)cccc2n1. The molecule has 0 aliphatic rings. The van der Waals surface area contributed by atoms with Crippen molar-refractivity contribution < 1.29 is 14.3 Å². The lowest BCUT2D eigenvalue weighted by Gasteiger charge is -2.09. The van der Waals surface area contributed by atoms with Gasteiger partial charge in [-0.3, -0.25) is 9.20 Å². The fourth-order valence-corrected chi connectivity index (χ4v) is 2.82. The molecular formula is C18H17ClN2O3. The first kappa shape index (κ1) is 16.3. The predicted molar refractivity (Wildman–Crippen MR) is 92.5 cm³/mol. The second-order valence-electron chi connectivity index (χ2n) is 5.20. The van der Waals surface area contributed by atoms with Crippen LogP contribution in [-0.2, 0) is 16.0 Å². The van der Waals surface area contributed by atoms with Crippen LogP contribution in [0.2, 0.25) is 5.02 Å². The summed E-state index contributed by atoms with van der Waals surface area (Å²) in [7, 11) is 1.60. The number of aromatic nitrogens is 2. The van der Waals surface area contributed by atoms with Crippen LogP contribution >= 0.6 is 11.6 Å². The number of pyridine rings is 1. The van der Waals surface area contributed by atoms with Crippen LogP contribution in [0.1, 0.15) is 12.6 Å². The van der Waals surface area contributed by atoms with Gasteiger partial charge in [0.05, 0.1) is 36.5 Å². The van der Waals surface area contributed by atoms with E-state index in [1.54, 1.807) is 20.1 Å². The Labute approximate surface area is 144 Å². The van der Waals surface area contributed by atoms with E-state index in [1.165, 1.54) is 0 Å². The maximum Gasteiger partial charge on any atom is 0.311 e. The first-order valence-corrected chi connectivity index (χ1v) is 7.96. The summed E-state index contributed by atoms with van der Waals surface area (Å²) in [5.74, 6) is 0.412. The van der Waals surface area contributed by atoms with Crippen LogP contribution in [0.5, 0.6) is 5.75 Å². The third kappa shape index (κ3) is 3.21. The number of halogens is 1. The summed E-state index contributed by atoms with van der Waals surface area (Å²) in [5, 5.41) is 0.586. The average Bonchev–Trinajstić information content (AvgIpc) is 2.97. The molecule has 0 unspecified atom stereocenters. The molecule has 0 atom stereocenters. The first-order chi connectivity index (χ1) is 11.6. The molecule has 0 saturated heterocycles. The van der Waals surface area contributed by atoms with E-state index >= 15 is 0 Å². The maximum atomic E-state index is 11.7. The smallest absolute Gasteiger partial charge is 0.311 e. The van der Waals surface area contributed by atoms with Crippen LogP contribution in [-0.4, -0.2) is 29.1 Å². The number of carbonyl (C=O) groups is 1. The lowest BCUT2D eigenvalue weighted by Crippen LogP contribution is -2.07. The second-order valence-corrected chi connectivity index (χ2v) is 5.61. The van der Waals surface area contributed by atoms with Gasteiger partial charge in [0.25, 0.3) is 0 Å². The van der Waals surface area contributed by atoms with Crippen molar-refractivity contribution in [1.82, 2.24) is 9.38 Å². The fourth-order valence-electron chi connectivity index (χ4n) is 2.56. The molecular weight excluding hydrogens is 328 g/mol. The van der Waals surface area contributed by atoms with Crippen molar-refractivity contribution >= 4 is 23.2 Å². The largest absolute Gasteiger partial charge is 0.497 e. The predicted octanol–water partition coefficient (Wildman–Crippen LogP) is 3.77. The molecule has 0 fully saturated rings. The number of hydrogen-bond donors (Lipinski definition) is 0. The molecule has 0 aliphatic heterocycles. The van der Waals surface area contributed by atoms with Crippen molar-refractivity contribution in [3.63, 3.8) is 0 Å². The molecule has 0 spiro atoms. The van der Waals surface area contributed by atoms with Gasteiger partial charge in [-0.25, -0.2) is 4.98 Å². The van der Waals surface area contributed by atoms with Gasteiger partial charge in [0.2, 0.25) is 0 Å². The quantitative estimate of drug-likeness (QED) is 0.661. The number of carbonyl (C=O) groups excluding carboxylic acids is 1. The van der Waals surface area contributed by atoms with Gasteiger partial charge < -0.3 is 9.47 Å². The van der Waals surface area contributed by atoms with E-state index in [1.807, 2.05) is 40.9 Å². The Morgan fingerprint density at radius 1 is 1.29 bits per heavy atom. The molecule has 0 radical (unpaired) electrons. The highest BCUT2D eigenvalue weighted by molar-refractivity contribution is 6.33. The van der Waals surface area contributed by atoms with E-state index in [0.29, 0.717) is 23.1 Å². The Bertz CT molecular complexity index is 889. The number of nitrogens with zero attached hydrogens (tertiary/aromatic N) is 2. The van der Waals surface area contributed by atoms with Crippen LogP contribution in [0.4, 0.5) is 0 Å². The highest BCUT2D eigenvalue weighted by atomic mass is 35.5. The molecule has 0 amide bonds. The lowest BCUT2D eigenvalue weighted by atomic mass is 10.1. The van der Waals surface area contributed by atoms with Gasteiger partial charge in [-0.2, -0.15) is 0 Å². The van der Waals surface area contributed by atoms with Crippen molar-refractivity contribution in [2.24, 2.45) is 0 Å². The average molecular weight is 345 g/mol. The molecule has 3 rings (SSSR count). The third-order valence-corrected chi connectivity index (χ3v) is 3.94. The molecule has 0 bridgehead atoms. The molecule has 0 aliphatic carbocycles. The van der Waals surface area contributed by atoms with Gasteiger partial charge in [0.1, 0.15) is 11.4 Å². The monoisotopic (exact) mass is 344 g/mol. The Kier molecular flexibility index (Phi) is 4.71. The van der Waals surface area contributed by atoms with Crippen molar-refractivity contribution in [2.45, 2.75) is 13.3 Å². The standard InChI is InChI=1S/C18H17ClN2O3/c1-3-24-18(22)9-12-11-21-16(5-4-6-17(21)20-12)14-8-7-13(23-2)10-15(14)19/h4-8,10-11H,3,9H2,1-2H3. The minimum absolute atomic E-state index is 0.144. The number of ether oxygens (including phenoxy) is 2. The number of hydrogen-bond acceptors (Lipinski definition) is 4. The number of rotatable bonds is 5. The van der Waals surface area contributed by atoms with E-state index in [2.05, 4.69) is 4.98 Å². The van der Waals surface area contributed by atoms with Crippen LogP contribution in [0.15, 0.2) is 42.6 Å². The summed E-state index contributed by atoms with van der Waals surface area (Å²) in [5.41, 5.74) is 3.16. The second kappa shape index (κ2) is 6.93. The van der Waals surface area contributed by atoms with Gasteiger partial charge >= 0.3 is 5.97 Å². The van der Waals surface area contributed by atoms with Gasteiger partial charge in [-0.15, -0.1) is 0 Å². The third-order valence-electron chi connectivity index (χ3n) is 3.63. The van der Waals surface area contributed by atoms with Crippen LogP contribution in [0, 0.1) is 0 Å². The zero-order valence-electron chi connectivity index (χ0n) is 13.5. The van der Waals surface area contributed by atoms with Gasteiger partial charge in [0.15, 0.2) is 0 Å². The van der Waals surface area contributed by atoms with Gasteiger partial charge in [-0.05, 0) is 37.3 Å². The number of fused-ring (bicyclic) bond motifs is 1. The Hall–Kier alpha value is -2.53.